The van der Waals surface area contributed by atoms with Gasteiger partial charge in [0.05, 0.1) is 18.1 Å². The van der Waals surface area contributed by atoms with Crippen LogP contribution in [-0.2, 0) is 0 Å². The first-order valence-corrected chi connectivity index (χ1v) is 7.75. The maximum absolute atomic E-state index is 11.9. The number of carbonyl (C=O) groups is 1. The van der Waals surface area contributed by atoms with E-state index in [0.29, 0.717) is 30.2 Å². The molecule has 1 amide bonds. The van der Waals surface area contributed by atoms with Crippen molar-refractivity contribution in [2.75, 3.05) is 36.4 Å². The third kappa shape index (κ3) is 3.77. The molecule has 3 heterocycles. The van der Waals surface area contributed by atoms with Crippen molar-refractivity contribution in [3.8, 4) is 0 Å². The lowest BCUT2D eigenvalue weighted by Gasteiger charge is -2.17. The van der Waals surface area contributed by atoms with Gasteiger partial charge < -0.3 is 20.1 Å². The SMILES string of the molecule is Cc1oncc1C(=O)NCCNc1cc(N2CCCC2)cnn1. The van der Waals surface area contributed by atoms with Gasteiger partial charge in [-0.05, 0) is 19.8 Å². The number of nitrogens with one attached hydrogen (secondary N) is 2. The normalized spacial score (nSPS) is 14.0. The second-order valence-corrected chi connectivity index (χ2v) is 5.47. The van der Waals surface area contributed by atoms with Crippen LogP contribution in [0, 0.1) is 6.92 Å². The van der Waals surface area contributed by atoms with Gasteiger partial charge in [0.25, 0.3) is 5.91 Å². The predicted octanol–water partition coefficient (Wildman–Crippen LogP) is 1.22. The number of carbonyl (C=O) groups excluding carboxylic acids is 1. The van der Waals surface area contributed by atoms with Gasteiger partial charge in [-0.15, -0.1) is 5.10 Å². The van der Waals surface area contributed by atoms with Gasteiger partial charge in [-0.25, -0.2) is 0 Å². The second-order valence-electron chi connectivity index (χ2n) is 5.47. The molecule has 0 radical (unpaired) electrons. The highest BCUT2D eigenvalue weighted by Gasteiger charge is 2.14. The molecule has 3 rings (SSSR count). The average molecular weight is 316 g/mol. The predicted molar refractivity (Wildman–Crippen MR) is 85.5 cm³/mol. The Bertz CT molecular complexity index is 665. The molecule has 0 aliphatic carbocycles. The quantitative estimate of drug-likeness (QED) is 0.773. The van der Waals surface area contributed by atoms with Gasteiger partial charge in [0.1, 0.15) is 11.3 Å². The summed E-state index contributed by atoms with van der Waals surface area (Å²) in [6.45, 7) is 4.88. The molecule has 1 saturated heterocycles. The molecule has 1 aliphatic rings. The minimum absolute atomic E-state index is 0.192. The number of aryl methyl sites for hydroxylation is 1. The fourth-order valence-corrected chi connectivity index (χ4v) is 2.57. The second kappa shape index (κ2) is 7.08. The number of aromatic nitrogens is 3. The summed E-state index contributed by atoms with van der Waals surface area (Å²) in [5.74, 6) is 1.03. The Labute approximate surface area is 134 Å². The third-order valence-corrected chi connectivity index (χ3v) is 3.82. The molecule has 8 heteroatoms. The molecule has 1 aliphatic heterocycles. The molecule has 2 aromatic heterocycles. The molecule has 8 nitrogen and oxygen atoms in total. The van der Waals surface area contributed by atoms with Crippen LogP contribution in [0.1, 0.15) is 29.0 Å². The number of nitrogens with zero attached hydrogens (tertiary/aromatic N) is 4. The molecular formula is C15H20N6O2. The fraction of sp³-hybridized carbons (Fsp3) is 0.467. The van der Waals surface area contributed by atoms with Crippen LogP contribution in [0.3, 0.4) is 0 Å². The number of amides is 1. The van der Waals surface area contributed by atoms with Crippen LogP contribution in [-0.4, -0.2) is 47.4 Å². The molecular weight excluding hydrogens is 296 g/mol. The van der Waals surface area contributed by atoms with E-state index >= 15 is 0 Å². The van der Waals surface area contributed by atoms with Crippen molar-refractivity contribution >= 4 is 17.4 Å². The highest BCUT2D eigenvalue weighted by atomic mass is 16.5. The van der Waals surface area contributed by atoms with E-state index in [1.165, 1.54) is 19.0 Å². The highest BCUT2D eigenvalue weighted by molar-refractivity contribution is 5.94. The summed E-state index contributed by atoms with van der Waals surface area (Å²) in [5.41, 5.74) is 1.55. The Balaban J connectivity index is 1.46. The van der Waals surface area contributed by atoms with Crippen molar-refractivity contribution in [1.29, 1.82) is 0 Å². The summed E-state index contributed by atoms with van der Waals surface area (Å²) in [4.78, 5) is 14.2. The van der Waals surface area contributed by atoms with Crippen molar-refractivity contribution < 1.29 is 9.32 Å². The zero-order chi connectivity index (χ0) is 16.1. The zero-order valence-corrected chi connectivity index (χ0v) is 13.1. The fourth-order valence-electron chi connectivity index (χ4n) is 2.57. The van der Waals surface area contributed by atoms with Crippen molar-refractivity contribution in [1.82, 2.24) is 20.7 Å². The highest BCUT2D eigenvalue weighted by Crippen LogP contribution is 2.20. The topological polar surface area (TPSA) is 96.2 Å². The van der Waals surface area contributed by atoms with E-state index in [2.05, 4.69) is 30.9 Å². The monoisotopic (exact) mass is 316 g/mol. The summed E-state index contributed by atoms with van der Waals surface area (Å²) in [7, 11) is 0. The number of rotatable bonds is 6. The van der Waals surface area contributed by atoms with Gasteiger partial charge >= 0.3 is 0 Å². The standard InChI is InChI=1S/C15H20N6O2/c1-11-13(10-19-23-11)15(22)17-5-4-16-14-8-12(9-18-20-14)21-6-2-3-7-21/h8-10H,2-7H2,1H3,(H,16,20)(H,17,22). The summed E-state index contributed by atoms with van der Waals surface area (Å²) in [5, 5.41) is 17.7. The van der Waals surface area contributed by atoms with Crippen LogP contribution in [0.25, 0.3) is 0 Å². The Morgan fingerprint density at radius 1 is 1.30 bits per heavy atom. The summed E-state index contributed by atoms with van der Waals surface area (Å²) in [6, 6.07) is 1.99. The van der Waals surface area contributed by atoms with Gasteiger partial charge in [0.2, 0.25) is 0 Å². The van der Waals surface area contributed by atoms with Crippen LogP contribution in [0.2, 0.25) is 0 Å². The van der Waals surface area contributed by atoms with Crippen molar-refractivity contribution in [3.63, 3.8) is 0 Å². The lowest BCUT2D eigenvalue weighted by molar-refractivity contribution is 0.0953. The summed E-state index contributed by atoms with van der Waals surface area (Å²) >= 11 is 0. The van der Waals surface area contributed by atoms with E-state index in [1.807, 2.05) is 6.07 Å². The van der Waals surface area contributed by atoms with E-state index in [4.69, 9.17) is 4.52 Å². The Kier molecular flexibility index (Phi) is 4.70. The molecule has 0 aromatic carbocycles. The first-order chi connectivity index (χ1) is 11.2. The molecule has 0 unspecified atom stereocenters. The smallest absolute Gasteiger partial charge is 0.256 e. The largest absolute Gasteiger partial charge is 0.370 e. The van der Waals surface area contributed by atoms with Gasteiger partial charge in [0, 0.05) is 32.2 Å². The van der Waals surface area contributed by atoms with Gasteiger partial charge in [0.15, 0.2) is 5.82 Å². The Morgan fingerprint density at radius 2 is 2.13 bits per heavy atom. The van der Waals surface area contributed by atoms with E-state index < -0.39 is 0 Å². The maximum atomic E-state index is 11.9. The molecule has 0 atom stereocenters. The molecule has 2 N–H and O–H groups in total. The van der Waals surface area contributed by atoms with Gasteiger partial charge in [-0.1, -0.05) is 5.16 Å². The van der Waals surface area contributed by atoms with Crippen LogP contribution in [0.15, 0.2) is 23.0 Å². The van der Waals surface area contributed by atoms with Crippen molar-refractivity contribution in [3.05, 3.63) is 29.8 Å². The molecule has 122 valence electrons. The van der Waals surface area contributed by atoms with Crippen molar-refractivity contribution in [2.24, 2.45) is 0 Å². The van der Waals surface area contributed by atoms with Crippen molar-refractivity contribution in [2.45, 2.75) is 19.8 Å². The molecule has 0 saturated carbocycles. The third-order valence-electron chi connectivity index (χ3n) is 3.82. The molecule has 1 fully saturated rings. The Morgan fingerprint density at radius 3 is 2.87 bits per heavy atom. The molecule has 0 bridgehead atoms. The Hall–Kier alpha value is -2.64. The zero-order valence-electron chi connectivity index (χ0n) is 13.1. The first kappa shape index (κ1) is 15.3. The molecule has 2 aromatic rings. The van der Waals surface area contributed by atoms with Gasteiger partial charge in [-0.2, -0.15) is 5.10 Å². The molecule has 0 spiro atoms. The summed E-state index contributed by atoms with van der Waals surface area (Å²) < 4.78 is 4.87. The van der Waals surface area contributed by atoms with E-state index in [1.54, 1.807) is 13.1 Å². The summed E-state index contributed by atoms with van der Waals surface area (Å²) in [6.07, 6.45) is 5.65. The maximum Gasteiger partial charge on any atom is 0.256 e. The lowest BCUT2D eigenvalue weighted by atomic mass is 10.2. The average Bonchev–Trinajstić information content (AvgIpc) is 3.23. The number of hydrogen-bond donors (Lipinski definition) is 2. The number of anilines is 2. The van der Waals surface area contributed by atoms with Gasteiger partial charge in [-0.3, -0.25) is 4.79 Å². The van der Waals surface area contributed by atoms with E-state index in [0.717, 1.165) is 18.8 Å². The minimum atomic E-state index is -0.192. The molecule has 23 heavy (non-hydrogen) atoms. The van der Waals surface area contributed by atoms with Crippen LogP contribution in [0.4, 0.5) is 11.5 Å². The van der Waals surface area contributed by atoms with Crippen LogP contribution >= 0.6 is 0 Å². The van der Waals surface area contributed by atoms with E-state index in [9.17, 15) is 4.79 Å². The minimum Gasteiger partial charge on any atom is -0.370 e. The lowest BCUT2D eigenvalue weighted by Crippen LogP contribution is -2.29. The number of hydrogen-bond acceptors (Lipinski definition) is 7. The first-order valence-electron chi connectivity index (χ1n) is 7.75. The van der Waals surface area contributed by atoms with Crippen LogP contribution < -0.4 is 15.5 Å². The van der Waals surface area contributed by atoms with E-state index in [-0.39, 0.29) is 5.91 Å². The van der Waals surface area contributed by atoms with Crippen LogP contribution in [0.5, 0.6) is 0 Å².